The fourth-order valence-corrected chi connectivity index (χ4v) is 2.56. The van der Waals surface area contributed by atoms with Crippen LogP contribution < -0.4 is 20.1 Å². The molecule has 0 saturated heterocycles. The largest absolute Gasteiger partial charge is 0.490 e. The van der Waals surface area contributed by atoms with Crippen LogP contribution in [0.15, 0.2) is 36.4 Å². The minimum atomic E-state index is -0.575. The van der Waals surface area contributed by atoms with Crippen molar-refractivity contribution in [3.63, 3.8) is 0 Å². The number of fused-ring (bicyclic) bond motifs is 1. The maximum absolute atomic E-state index is 13.5. The zero-order valence-corrected chi connectivity index (χ0v) is 14.0. The number of carbonyl (C=O) groups is 1. The van der Waals surface area contributed by atoms with Gasteiger partial charge in [-0.2, -0.15) is 5.26 Å². The van der Waals surface area contributed by atoms with Crippen LogP contribution in [0.25, 0.3) is 0 Å². The number of rotatable bonds is 5. The molecule has 0 radical (unpaired) electrons. The van der Waals surface area contributed by atoms with Crippen molar-refractivity contribution in [2.75, 3.05) is 31.6 Å². The zero-order chi connectivity index (χ0) is 18.4. The molecule has 3 rings (SSSR count). The number of halogens is 1. The zero-order valence-electron chi connectivity index (χ0n) is 14.0. The third-order valence-electron chi connectivity index (χ3n) is 3.86. The van der Waals surface area contributed by atoms with E-state index in [0.29, 0.717) is 49.1 Å². The standard InChI is InChI=1S/C19H18FN3O3/c20-15-3-1-4-16(14(15)12-21)22-7-8-23-19(24)13-5-6-17-18(11-13)26-10-2-9-25-17/h1,3-6,11,22H,2,7-10H2,(H,23,24). The molecule has 26 heavy (non-hydrogen) atoms. The SMILES string of the molecule is N#Cc1c(F)cccc1NCCNC(=O)c1ccc2c(c1)OCCCO2. The summed E-state index contributed by atoms with van der Waals surface area (Å²) in [5, 5.41) is 14.7. The Labute approximate surface area is 150 Å². The molecule has 2 aromatic carbocycles. The predicted octanol–water partition coefficient (Wildman–Crippen LogP) is 2.70. The Morgan fingerprint density at radius 1 is 1.15 bits per heavy atom. The molecule has 1 amide bonds. The fraction of sp³-hybridized carbons (Fsp3) is 0.263. The molecule has 1 heterocycles. The lowest BCUT2D eigenvalue weighted by Gasteiger charge is -2.11. The van der Waals surface area contributed by atoms with E-state index in [9.17, 15) is 9.18 Å². The summed E-state index contributed by atoms with van der Waals surface area (Å²) >= 11 is 0. The number of carbonyl (C=O) groups excluding carboxylic acids is 1. The lowest BCUT2D eigenvalue weighted by Crippen LogP contribution is -2.28. The third kappa shape index (κ3) is 4.03. The summed E-state index contributed by atoms with van der Waals surface area (Å²) in [5.41, 5.74) is 0.830. The van der Waals surface area contributed by atoms with Gasteiger partial charge in [-0.05, 0) is 30.3 Å². The number of anilines is 1. The van der Waals surface area contributed by atoms with Gasteiger partial charge in [-0.15, -0.1) is 0 Å². The van der Waals surface area contributed by atoms with Crippen LogP contribution in [0.2, 0.25) is 0 Å². The molecular weight excluding hydrogens is 337 g/mol. The minimum absolute atomic E-state index is 0.0401. The first kappa shape index (κ1) is 17.5. The predicted molar refractivity (Wildman–Crippen MR) is 94.0 cm³/mol. The van der Waals surface area contributed by atoms with E-state index in [-0.39, 0.29) is 11.5 Å². The van der Waals surface area contributed by atoms with Gasteiger partial charge >= 0.3 is 0 Å². The molecule has 0 atom stereocenters. The summed E-state index contributed by atoms with van der Waals surface area (Å²) in [6.45, 7) is 1.81. The molecule has 6 nitrogen and oxygen atoms in total. The molecule has 0 spiro atoms. The monoisotopic (exact) mass is 355 g/mol. The van der Waals surface area contributed by atoms with Crippen LogP contribution in [-0.4, -0.2) is 32.2 Å². The average Bonchev–Trinajstić information content (AvgIpc) is 2.90. The number of nitrogens with zero attached hydrogens (tertiary/aromatic N) is 1. The van der Waals surface area contributed by atoms with Gasteiger partial charge < -0.3 is 20.1 Å². The van der Waals surface area contributed by atoms with Crippen molar-refractivity contribution in [3.05, 3.63) is 53.3 Å². The van der Waals surface area contributed by atoms with Gasteiger partial charge in [0, 0.05) is 25.1 Å². The average molecular weight is 355 g/mol. The highest BCUT2D eigenvalue weighted by Gasteiger charge is 2.14. The number of hydrogen-bond donors (Lipinski definition) is 2. The number of amides is 1. The summed E-state index contributed by atoms with van der Waals surface area (Å²) in [6, 6.07) is 11.3. The van der Waals surface area contributed by atoms with Gasteiger partial charge in [0.15, 0.2) is 11.5 Å². The van der Waals surface area contributed by atoms with Crippen molar-refractivity contribution >= 4 is 11.6 Å². The normalized spacial score (nSPS) is 12.6. The third-order valence-corrected chi connectivity index (χ3v) is 3.86. The fourth-order valence-electron chi connectivity index (χ4n) is 2.56. The molecule has 0 aromatic heterocycles. The first-order valence-electron chi connectivity index (χ1n) is 8.29. The Morgan fingerprint density at radius 3 is 2.77 bits per heavy atom. The molecular formula is C19H18FN3O3. The second-order valence-electron chi connectivity index (χ2n) is 5.67. The molecule has 0 fully saturated rings. The Balaban J connectivity index is 1.54. The molecule has 1 aliphatic heterocycles. The molecule has 134 valence electrons. The van der Waals surface area contributed by atoms with Gasteiger partial charge in [0.2, 0.25) is 0 Å². The second-order valence-corrected chi connectivity index (χ2v) is 5.67. The summed E-state index contributed by atoms with van der Waals surface area (Å²) in [7, 11) is 0. The van der Waals surface area contributed by atoms with Crippen molar-refractivity contribution in [2.24, 2.45) is 0 Å². The van der Waals surface area contributed by atoms with Crippen LogP contribution in [0.5, 0.6) is 11.5 Å². The molecule has 0 bridgehead atoms. The van der Waals surface area contributed by atoms with Crippen LogP contribution >= 0.6 is 0 Å². The maximum atomic E-state index is 13.5. The molecule has 2 aromatic rings. The Hall–Kier alpha value is -3.27. The van der Waals surface area contributed by atoms with Crippen molar-refractivity contribution in [2.45, 2.75) is 6.42 Å². The van der Waals surface area contributed by atoms with E-state index in [4.69, 9.17) is 14.7 Å². The van der Waals surface area contributed by atoms with E-state index in [2.05, 4.69) is 10.6 Å². The summed E-state index contributed by atoms with van der Waals surface area (Å²) in [4.78, 5) is 12.3. The lowest BCUT2D eigenvalue weighted by molar-refractivity contribution is 0.0954. The smallest absolute Gasteiger partial charge is 0.251 e. The van der Waals surface area contributed by atoms with Crippen LogP contribution in [-0.2, 0) is 0 Å². The molecule has 7 heteroatoms. The van der Waals surface area contributed by atoms with E-state index in [0.717, 1.165) is 6.42 Å². The van der Waals surface area contributed by atoms with E-state index in [1.54, 1.807) is 24.3 Å². The van der Waals surface area contributed by atoms with Crippen molar-refractivity contribution in [1.29, 1.82) is 5.26 Å². The van der Waals surface area contributed by atoms with Crippen LogP contribution in [0.3, 0.4) is 0 Å². The number of ether oxygens (including phenoxy) is 2. The van der Waals surface area contributed by atoms with Crippen molar-refractivity contribution in [3.8, 4) is 17.6 Å². The van der Waals surface area contributed by atoms with E-state index >= 15 is 0 Å². The number of benzene rings is 2. The van der Waals surface area contributed by atoms with E-state index < -0.39 is 5.82 Å². The number of hydrogen-bond acceptors (Lipinski definition) is 5. The molecule has 1 aliphatic rings. The molecule has 0 unspecified atom stereocenters. The van der Waals surface area contributed by atoms with Crippen LogP contribution in [0.4, 0.5) is 10.1 Å². The minimum Gasteiger partial charge on any atom is -0.490 e. The summed E-state index contributed by atoms with van der Waals surface area (Å²) < 4.78 is 24.6. The lowest BCUT2D eigenvalue weighted by atomic mass is 10.2. The Bertz CT molecular complexity index is 848. The first-order chi connectivity index (χ1) is 12.7. The van der Waals surface area contributed by atoms with Gasteiger partial charge in [-0.25, -0.2) is 4.39 Å². The molecule has 0 saturated carbocycles. The first-order valence-corrected chi connectivity index (χ1v) is 8.29. The summed E-state index contributed by atoms with van der Waals surface area (Å²) in [6.07, 6.45) is 0.798. The van der Waals surface area contributed by atoms with Gasteiger partial charge in [-0.1, -0.05) is 6.07 Å². The topological polar surface area (TPSA) is 83.4 Å². The molecule has 0 aliphatic carbocycles. The van der Waals surface area contributed by atoms with Crippen molar-refractivity contribution < 1.29 is 18.7 Å². The van der Waals surface area contributed by atoms with Gasteiger partial charge in [0.05, 0.1) is 18.9 Å². The van der Waals surface area contributed by atoms with E-state index in [1.807, 2.05) is 6.07 Å². The van der Waals surface area contributed by atoms with Gasteiger partial charge in [-0.3, -0.25) is 4.79 Å². The molecule has 2 N–H and O–H groups in total. The van der Waals surface area contributed by atoms with Crippen LogP contribution in [0, 0.1) is 17.1 Å². The van der Waals surface area contributed by atoms with Crippen molar-refractivity contribution in [1.82, 2.24) is 5.32 Å². The number of nitriles is 1. The highest BCUT2D eigenvalue weighted by Crippen LogP contribution is 2.30. The quantitative estimate of drug-likeness (QED) is 0.806. The van der Waals surface area contributed by atoms with E-state index in [1.165, 1.54) is 12.1 Å². The number of nitrogens with one attached hydrogen (secondary N) is 2. The van der Waals surface area contributed by atoms with Gasteiger partial charge in [0.1, 0.15) is 17.4 Å². The van der Waals surface area contributed by atoms with Gasteiger partial charge in [0.25, 0.3) is 5.91 Å². The highest BCUT2D eigenvalue weighted by atomic mass is 19.1. The maximum Gasteiger partial charge on any atom is 0.251 e. The summed E-state index contributed by atoms with van der Waals surface area (Å²) in [5.74, 6) is 0.374. The van der Waals surface area contributed by atoms with Crippen LogP contribution in [0.1, 0.15) is 22.3 Å². The second kappa shape index (κ2) is 8.21. The Kier molecular flexibility index (Phi) is 5.54. The Morgan fingerprint density at radius 2 is 1.96 bits per heavy atom. The highest BCUT2D eigenvalue weighted by molar-refractivity contribution is 5.94.